The SMILES string of the molecule is [2H]c1c(C([2H])([2H])C(C)C)c([2H])c(-c2c(C)cc(C)c3c2oc2cc([N+]#[C-])ccc23)[n+](C)c1C. The molecule has 0 fully saturated rings. The molecule has 2 heterocycles. The fourth-order valence-electron chi connectivity index (χ4n) is 3.92. The molecule has 3 heteroatoms. The highest BCUT2D eigenvalue weighted by molar-refractivity contribution is 6.12. The van der Waals surface area contributed by atoms with E-state index in [1.54, 1.807) is 44.5 Å². The van der Waals surface area contributed by atoms with E-state index in [-0.39, 0.29) is 17.6 Å². The lowest BCUT2D eigenvalue weighted by atomic mass is 9.94. The van der Waals surface area contributed by atoms with Crippen molar-refractivity contribution in [2.45, 2.75) is 41.0 Å². The molecule has 2 aromatic carbocycles. The second kappa shape index (κ2) is 7.04. The zero-order valence-electron chi connectivity index (χ0n) is 21.7. The van der Waals surface area contributed by atoms with E-state index in [0.717, 1.165) is 21.9 Å². The van der Waals surface area contributed by atoms with E-state index in [2.05, 4.69) is 10.9 Å². The third-order valence-corrected chi connectivity index (χ3v) is 5.31. The average Bonchev–Trinajstić information content (AvgIpc) is 3.12. The Labute approximate surface area is 178 Å². The molecule has 0 bridgehead atoms. The molecular formula is C26H27N2O+. The van der Waals surface area contributed by atoms with Gasteiger partial charge in [0.05, 0.1) is 14.9 Å². The van der Waals surface area contributed by atoms with E-state index in [1.165, 1.54) is 0 Å². The van der Waals surface area contributed by atoms with Gasteiger partial charge in [-0.15, -0.1) is 0 Å². The Bertz CT molecular complexity index is 1490. The van der Waals surface area contributed by atoms with E-state index in [0.29, 0.717) is 33.8 Å². The van der Waals surface area contributed by atoms with E-state index in [9.17, 15) is 0 Å². The molecule has 0 atom stereocenters. The van der Waals surface area contributed by atoms with Crippen LogP contribution in [0.1, 0.15) is 41.7 Å². The third kappa shape index (κ3) is 3.19. The highest BCUT2D eigenvalue weighted by Gasteiger charge is 2.24. The number of pyridine rings is 1. The molecule has 0 aliphatic rings. The highest BCUT2D eigenvalue weighted by atomic mass is 16.3. The van der Waals surface area contributed by atoms with Crippen LogP contribution < -0.4 is 4.57 Å². The Morgan fingerprint density at radius 3 is 2.62 bits per heavy atom. The Kier molecular flexibility index (Phi) is 3.60. The predicted molar refractivity (Wildman–Crippen MR) is 119 cm³/mol. The van der Waals surface area contributed by atoms with E-state index in [4.69, 9.17) is 16.5 Å². The molecule has 0 radical (unpaired) electrons. The second-order valence-corrected chi connectivity index (χ2v) is 7.90. The van der Waals surface area contributed by atoms with Crippen molar-refractivity contribution in [1.82, 2.24) is 0 Å². The van der Waals surface area contributed by atoms with E-state index < -0.39 is 12.3 Å². The maximum atomic E-state index is 9.07. The number of benzene rings is 2. The molecule has 4 rings (SSSR count). The highest BCUT2D eigenvalue weighted by Crippen LogP contribution is 2.40. The van der Waals surface area contributed by atoms with Gasteiger partial charge in [0.1, 0.15) is 18.2 Å². The lowest BCUT2D eigenvalue weighted by Gasteiger charge is -2.12. The van der Waals surface area contributed by atoms with Crippen LogP contribution in [0.5, 0.6) is 0 Å². The zero-order valence-corrected chi connectivity index (χ0v) is 17.7. The summed E-state index contributed by atoms with van der Waals surface area (Å²) in [5.41, 5.74) is 5.57. The minimum atomic E-state index is -1.84. The van der Waals surface area contributed by atoms with Gasteiger partial charge in [-0.05, 0) is 48.9 Å². The Morgan fingerprint density at radius 2 is 1.93 bits per heavy atom. The summed E-state index contributed by atoms with van der Waals surface area (Å²) in [6.07, 6.45) is -1.84. The number of hydrogen-bond acceptors (Lipinski definition) is 1. The van der Waals surface area contributed by atoms with Gasteiger partial charge < -0.3 is 4.42 Å². The molecule has 0 aliphatic heterocycles. The summed E-state index contributed by atoms with van der Waals surface area (Å²) in [4.78, 5) is 3.51. The topological polar surface area (TPSA) is 21.4 Å². The number of nitrogens with zero attached hydrogens (tertiary/aromatic N) is 2. The van der Waals surface area contributed by atoms with Crippen LogP contribution in [0.25, 0.3) is 38.0 Å². The first-order chi connectivity index (χ1) is 15.4. The van der Waals surface area contributed by atoms with Gasteiger partial charge in [0.2, 0.25) is 5.69 Å². The summed E-state index contributed by atoms with van der Waals surface area (Å²) in [5, 5.41) is 1.82. The molecule has 4 aromatic rings. The van der Waals surface area contributed by atoms with Gasteiger partial charge in [0.25, 0.3) is 0 Å². The number of furan rings is 1. The number of rotatable bonds is 3. The lowest BCUT2D eigenvalue weighted by Crippen LogP contribution is -2.35. The molecule has 3 nitrogen and oxygen atoms in total. The van der Waals surface area contributed by atoms with Gasteiger partial charge in [-0.1, -0.05) is 32.0 Å². The maximum absolute atomic E-state index is 9.07. The molecule has 0 saturated heterocycles. The zero-order chi connectivity index (χ0) is 24.4. The molecule has 0 amide bonds. The molecule has 29 heavy (non-hydrogen) atoms. The van der Waals surface area contributed by atoms with Gasteiger partial charge in [-0.2, -0.15) is 4.57 Å². The monoisotopic (exact) mass is 387 g/mol. The summed E-state index contributed by atoms with van der Waals surface area (Å²) in [5.74, 6) is -0.400. The van der Waals surface area contributed by atoms with Crippen molar-refractivity contribution < 1.29 is 14.5 Å². The van der Waals surface area contributed by atoms with E-state index >= 15 is 0 Å². The minimum Gasteiger partial charge on any atom is -0.456 e. The van der Waals surface area contributed by atoms with Crippen LogP contribution in [-0.2, 0) is 13.4 Å². The van der Waals surface area contributed by atoms with Crippen LogP contribution in [0, 0.1) is 33.3 Å². The summed E-state index contributed by atoms with van der Waals surface area (Å²) in [6, 6.07) is 7.50. The standard InChI is InChI=1S/C26H27N2O/c1-15(2)10-19-12-18(5)28(7)22(13-19)25-17(4)11-16(3)24-21-9-8-20(27-6)14-23(21)29-26(24)25/h8-9,11-15H,10H2,1-5,7H3/q+1/i10D2,12D,13D. The summed E-state index contributed by atoms with van der Waals surface area (Å²) in [7, 11) is 1.81. The third-order valence-electron chi connectivity index (χ3n) is 5.31. The quantitative estimate of drug-likeness (QED) is 0.281. The van der Waals surface area contributed by atoms with Gasteiger partial charge >= 0.3 is 0 Å². The first-order valence-electron chi connectivity index (χ1n) is 11.8. The van der Waals surface area contributed by atoms with Crippen molar-refractivity contribution in [2.75, 3.05) is 0 Å². The molecular weight excluding hydrogens is 356 g/mol. The van der Waals surface area contributed by atoms with Crippen LogP contribution >= 0.6 is 0 Å². The molecule has 0 unspecified atom stereocenters. The van der Waals surface area contributed by atoms with Crippen molar-refractivity contribution in [2.24, 2.45) is 13.0 Å². The van der Waals surface area contributed by atoms with Crippen molar-refractivity contribution in [3.63, 3.8) is 0 Å². The molecule has 0 spiro atoms. The van der Waals surface area contributed by atoms with Crippen LogP contribution in [0.3, 0.4) is 0 Å². The van der Waals surface area contributed by atoms with Crippen LogP contribution in [0.4, 0.5) is 5.69 Å². The molecule has 146 valence electrons. The van der Waals surface area contributed by atoms with Crippen molar-refractivity contribution in [3.05, 3.63) is 70.2 Å². The number of aryl methyl sites for hydroxylation is 2. The molecule has 0 saturated carbocycles. The maximum Gasteiger partial charge on any atom is 0.216 e. The molecule has 2 aromatic heterocycles. The van der Waals surface area contributed by atoms with Crippen LogP contribution in [0.15, 0.2) is 40.8 Å². The normalized spacial score (nSPS) is 14.0. The average molecular weight is 388 g/mol. The largest absolute Gasteiger partial charge is 0.456 e. The molecule has 0 N–H and O–H groups in total. The fraction of sp³-hybridized carbons (Fsp3) is 0.308. The summed E-state index contributed by atoms with van der Waals surface area (Å²) >= 11 is 0. The van der Waals surface area contributed by atoms with Gasteiger partial charge in [0.15, 0.2) is 11.4 Å². The van der Waals surface area contributed by atoms with Gasteiger partial charge in [-0.3, -0.25) is 0 Å². The molecule has 0 aliphatic carbocycles. The van der Waals surface area contributed by atoms with Crippen molar-refractivity contribution in [1.29, 1.82) is 0 Å². The van der Waals surface area contributed by atoms with Crippen molar-refractivity contribution >= 4 is 27.6 Å². The van der Waals surface area contributed by atoms with Crippen LogP contribution in [0.2, 0.25) is 0 Å². The Balaban J connectivity index is 2.21. The minimum absolute atomic E-state index is 0.00218. The second-order valence-electron chi connectivity index (χ2n) is 7.90. The smallest absolute Gasteiger partial charge is 0.216 e. The summed E-state index contributed by atoms with van der Waals surface area (Å²) < 4.78 is 43.2. The fourth-order valence-corrected chi connectivity index (χ4v) is 3.92. The van der Waals surface area contributed by atoms with E-state index in [1.807, 2.05) is 19.9 Å². The van der Waals surface area contributed by atoms with Crippen LogP contribution in [-0.4, -0.2) is 0 Å². The summed E-state index contributed by atoms with van der Waals surface area (Å²) in [6.45, 7) is 16.6. The first-order valence-corrected chi connectivity index (χ1v) is 9.76. The predicted octanol–water partition coefficient (Wildman–Crippen LogP) is 6.75. The first kappa shape index (κ1) is 14.8. The lowest BCUT2D eigenvalue weighted by molar-refractivity contribution is -0.666. The number of hydrogen-bond donors (Lipinski definition) is 0. The Hall–Kier alpha value is -3.12. The number of fused-ring (bicyclic) bond motifs is 3. The van der Waals surface area contributed by atoms with Gasteiger partial charge in [-0.25, -0.2) is 4.85 Å². The van der Waals surface area contributed by atoms with Crippen molar-refractivity contribution in [3.8, 4) is 11.3 Å². The van der Waals surface area contributed by atoms with Gasteiger partial charge in [0, 0.05) is 32.5 Å². The Morgan fingerprint density at radius 1 is 1.17 bits per heavy atom. The number of aromatic nitrogens is 1.